The summed E-state index contributed by atoms with van der Waals surface area (Å²) in [5.41, 5.74) is 7.90. The third-order valence-electron chi connectivity index (χ3n) is 5.99. The molecule has 1 unspecified atom stereocenters. The molecule has 2 aliphatic rings. The number of ether oxygens (including phenoxy) is 1. The van der Waals surface area contributed by atoms with E-state index in [2.05, 4.69) is 15.2 Å². The second-order valence-corrected chi connectivity index (χ2v) is 8.54. The van der Waals surface area contributed by atoms with Gasteiger partial charge in [-0.05, 0) is 48.9 Å². The summed E-state index contributed by atoms with van der Waals surface area (Å²) >= 11 is 5.86. The molecule has 0 bridgehead atoms. The first kappa shape index (κ1) is 25.3. The number of aromatic nitrogens is 3. The molecule has 182 valence electrons. The Bertz CT molecular complexity index is 965. The van der Waals surface area contributed by atoms with Crippen LogP contribution in [0.25, 0.3) is 5.69 Å². The van der Waals surface area contributed by atoms with Crippen molar-refractivity contribution in [2.24, 2.45) is 17.1 Å². The maximum Gasteiger partial charge on any atom is 0.490 e. The predicted molar refractivity (Wildman–Crippen MR) is 110 cm³/mol. The molecule has 8 nitrogen and oxygen atoms in total. The van der Waals surface area contributed by atoms with Crippen LogP contribution in [0.1, 0.15) is 18.5 Å². The number of carboxylic acids is 1. The van der Waals surface area contributed by atoms with E-state index in [1.54, 1.807) is 16.8 Å². The Morgan fingerprint density at radius 1 is 1.33 bits per heavy atom. The number of aliphatic carboxylic acids is 1. The van der Waals surface area contributed by atoms with Gasteiger partial charge < -0.3 is 15.6 Å². The summed E-state index contributed by atoms with van der Waals surface area (Å²) in [6.45, 7) is 5.09. The number of benzene rings is 1. The van der Waals surface area contributed by atoms with Crippen LogP contribution >= 0.6 is 11.6 Å². The molecule has 0 aliphatic carbocycles. The van der Waals surface area contributed by atoms with E-state index in [1.807, 2.05) is 6.20 Å². The van der Waals surface area contributed by atoms with Gasteiger partial charge in [-0.3, -0.25) is 4.90 Å². The fraction of sp³-hybridized carbons (Fsp3) is 0.550. The third kappa shape index (κ3) is 6.19. The Balaban J connectivity index is 0.000000383. The summed E-state index contributed by atoms with van der Waals surface area (Å²) in [4.78, 5) is 11.3. The summed E-state index contributed by atoms with van der Waals surface area (Å²) in [7, 11) is 0. The lowest BCUT2D eigenvalue weighted by Crippen LogP contribution is -2.39. The van der Waals surface area contributed by atoms with Gasteiger partial charge in [0.2, 0.25) is 0 Å². The zero-order valence-electron chi connectivity index (χ0n) is 17.6. The number of alkyl halides is 3. The summed E-state index contributed by atoms with van der Waals surface area (Å²) in [5, 5.41) is 15.6. The molecule has 0 saturated carbocycles. The molecule has 0 amide bonds. The standard InChI is InChI=1S/C18H23ClFN5O.C2HF3O2/c19-16-7-15(1-2-17(16)20)25-11-14(22-23-25)10-24-9-13(8-21)18(12-24)3-5-26-6-4-18;3-2(4,5)1(6)7/h1-2,7,11,13H,3-6,8-10,12,21H2;(H,6,7). The van der Waals surface area contributed by atoms with Gasteiger partial charge in [-0.1, -0.05) is 16.8 Å². The minimum Gasteiger partial charge on any atom is -0.475 e. The number of rotatable bonds is 4. The molecule has 13 heteroatoms. The number of hydrogen-bond acceptors (Lipinski definition) is 6. The molecule has 2 fully saturated rings. The lowest BCUT2D eigenvalue weighted by atomic mass is 9.72. The molecule has 33 heavy (non-hydrogen) atoms. The van der Waals surface area contributed by atoms with Crippen LogP contribution in [0.4, 0.5) is 17.6 Å². The molecule has 3 heterocycles. The fourth-order valence-corrected chi connectivity index (χ4v) is 4.46. The van der Waals surface area contributed by atoms with Crippen molar-refractivity contribution >= 4 is 17.6 Å². The highest BCUT2D eigenvalue weighted by atomic mass is 35.5. The van der Waals surface area contributed by atoms with Crippen LogP contribution in [0.2, 0.25) is 5.02 Å². The second-order valence-electron chi connectivity index (χ2n) is 8.13. The van der Waals surface area contributed by atoms with Crippen LogP contribution in [-0.4, -0.2) is 70.0 Å². The van der Waals surface area contributed by atoms with Crippen LogP contribution in [0.5, 0.6) is 0 Å². The molecule has 1 spiro atoms. The first-order chi connectivity index (χ1) is 15.5. The molecule has 2 saturated heterocycles. The van der Waals surface area contributed by atoms with Gasteiger partial charge in [-0.25, -0.2) is 13.9 Å². The smallest absolute Gasteiger partial charge is 0.475 e. The van der Waals surface area contributed by atoms with Gasteiger partial charge in [-0.15, -0.1) is 5.10 Å². The molecule has 3 N–H and O–H groups in total. The second kappa shape index (κ2) is 10.3. The Labute approximate surface area is 192 Å². The molecule has 4 rings (SSSR count). The number of nitrogens with zero attached hydrogens (tertiary/aromatic N) is 4. The first-order valence-corrected chi connectivity index (χ1v) is 10.6. The third-order valence-corrected chi connectivity index (χ3v) is 6.28. The summed E-state index contributed by atoms with van der Waals surface area (Å²) < 4.78 is 52.2. The van der Waals surface area contributed by atoms with Gasteiger partial charge in [0.15, 0.2) is 0 Å². The molecule has 1 aromatic heterocycles. The van der Waals surface area contributed by atoms with Crippen molar-refractivity contribution in [3.8, 4) is 5.69 Å². The Hall–Kier alpha value is -2.28. The maximum absolute atomic E-state index is 13.3. The Kier molecular flexibility index (Phi) is 7.93. The molecule has 2 aliphatic heterocycles. The molecule has 1 aromatic carbocycles. The Morgan fingerprint density at radius 2 is 2.00 bits per heavy atom. The summed E-state index contributed by atoms with van der Waals surface area (Å²) in [5.74, 6) is -2.70. The summed E-state index contributed by atoms with van der Waals surface area (Å²) in [6, 6.07) is 4.52. The van der Waals surface area contributed by atoms with Gasteiger partial charge in [-0.2, -0.15) is 13.2 Å². The van der Waals surface area contributed by atoms with Crippen molar-refractivity contribution < 1.29 is 32.2 Å². The minimum atomic E-state index is -5.08. The van der Waals surface area contributed by atoms with Crippen LogP contribution in [0, 0.1) is 17.2 Å². The van der Waals surface area contributed by atoms with Gasteiger partial charge in [0, 0.05) is 32.8 Å². The van der Waals surface area contributed by atoms with E-state index in [0.29, 0.717) is 18.2 Å². The minimum absolute atomic E-state index is 0.0753. The van der Waals surface area contributed by atoms with Crippen molar-refractivity contribution in [3.63, 3.8) is 0 Å². The summed E-state index contributed by atoms with van der Waals surface area (Å²) in [6.07, 6.45) is -1.06. The average molecular weight is 494 g/mol. The van der Waals surface area contributed by atoms with E-state index in [-0.39, 0.29) is 10.4 Å². The number of carbonyl (C=O) groups is 1. The van der Waals surface area contributed by atoms with Crippen molar-refractivity contribution in [1.29, 1.82) is 0 Å². The fourth-order valence-electron chi connectivity index (χ4n) is 4.29. The highest BCUT2D eigenvalue weighted by molar-refractivity contribution is 6.30. The van der Waals surface area contributed by atoms with E-state index in [1.165, 1.54) is 6.07 Å². The van der Waals surface area contributed by atoms with Gasteiger partial charge in [0.25, 0.3) is 0 Å². The van der Waals surface area contributed by atoms with Crippen molar-refractivity contribution in [3.05, 3.63) is 40.9 Å². The number of carboxylic acid groups (broad SMARTS) is 1. The molecular weight excluding hydrogens is 470 g/mol. The number of likely N-dealkylation sites (tertiary alicyclic amines) is 1. The molecule has 0 radical (unpaired) electrons. The van der Waals surface area contributed by atoms with E-state index in [0.717, 1.165) is 51.4 Å². The van der Waals surface area contributed by atoms with Gasteiger partial charge in [0.05, 0.1) is 22.6 Å². The highest BCUT2D eigenvalue weighted by Gasteiger charge is 2.46. The van der Waals surface area contributed by atoms with Crippen LogP contribution < -0.4 is 5.73 Å². The normalized spacial score (nSPS) is 20.5. The number of nitrogens with two attached hydrogens (primary N) is 1. The van der Waals surface area contributed by atoms with Crippen LogP contribution in [0.15, 0.2) is 24.4 Å². The zero-order valence-corrected chi connectivity index (χ0v) is 18.3. The monoisotopic (exact) mass is 493 g/mol. The van der Waals surface area contributed by atoms with Gasteiger partial charge >= 0.3 is 12.1 Å². The first-order valence-electron chi connectivity index (χ1n) is 10.2. The van der Waals surface area contributed by atoms with Crippen LogP contribution in [-0.2, 0) is 16.1 Å². The van der Waals surface area contributed by atoms with Crippen molar-refractivity contribution in [2.75, 3.05) is 32.8 Å². The SMILES string of the molecule is NCC1CN(Cc2cn(-c3ccc(F)c(Cl)c3)nn2)CC12CCOCC2.O=C(O)C(F)(F)F. The molecule has 2 aromatic rings. The van der Waals surface area contributed by atoms with Crippen molar-refractivity contribution in [1.82, 2.24) is 19.9 Å². The predicted octanol–water partition coefficient (Wildman–Crippen LogP) is 2.88. The largest absolute Gasteiger partial charge is 0.490 e. The van der Waals surface area contributed by atoms with E-state index in [4.69, 9.17) is 32.0 Å². The van der Waals surface area contributed by atoms with E-state index >= 15 is 0 Å². The Morgan fingerprint density at radius 3 is 2.58 bits per heavy atom. The lowest BCUT2D eigenvalue weighted by molar-refractivity contribution is -0.192. The van der Waals surface area contributed by atoms with E-state index < -0.39 is 18.0 Å². The average Bonchev–Trinajstić information content (AvgIpc) is 3.35. The molecular formula is C20H24ClF4N5O3. The van der Waals surface area contributed by atoms with Crippen LogP contribution in [0.3, 0.4) is 0 Å². The number of hydrogen-bond donors (Lipinski definition) is 2. The van der Waals surface area contributed by atoms with Gasteiger partial charge in [0.1, 0.15) is 5.82 Å². The molecule has 1 atom stereocenters. The topological polar surface area (TPSA) is 107 Å². The van der Waals surface area contributed by atoms with E-state index in [9.17, 15) is 17.6 Å². The zero-order chi connectivity index (χ0) is 24.2. The highest BCUT2D eigenvalue weighted by Crippen LogP contribution is 2.44. The lowest BCUT2D eigenvalue weighted by Gasteiger charge is -2.37. The number of halogens is 5. The van der Waals surface area contributed by atoms with Crippen molar-refractivity contribution in [2.45, 2.75) is 25.6 Å². The quantitative estimate of drug-likeness (QED) is 0.631. The maximum atomic E-state index is 13.3.